The summed E-state index contributed by atoms with van der Waals surface area (Å²) in [5, 5.41) is 6.40. The quantitative estimate of drug-likeness (QED) is 0.801. The molecule has 0 aliphatic carbocycles. The van der Waals surface area contributed by atoms with E-state index in [0.717, 1.165) is 45.7 Å². The van der Waals surface area contributed by atoms with E-state index < -0.39 is 0 Å². The van der Waals surface area contributed by atoms with Gasteiger partial charge in [0, 0.05) is 45.7 Å². The van der Waals surface area contributed by atoms with Gasteiger partial charge in [-0.15, -0.1) is 0 Å². The first-order valence-corrected chi connectivity index (χ1v) is 8.04. The van der Waals surface area contributed by atoms with Crippen molar-refractivity contribution in [1.82, 2.24) is 15.5 Å². The number of piperazine rings is 1. The molecule has 1 fully saturated rings. The van der Waals surface area contributed by atoms with Crippen molar-refractivity contribution in [3.05, 3.63) is 35.9 Å². The standard InChI is InChI=1S/C17H27N3O/c1-2-15(16-6-4-3-5-7-16)14-17(21)19-10-13-20-11-8-18-9-12-20/h3-7,15,18H,2,8-14H2,1H3,(H,19,21). The lowest BCUT2D eigenvalue weighted by Gasteiger charge is -2.27. The fourth-order valence-corrected chi connectivity index (χ4v) is 2.81. The Morgan fingerprint density at radius 1 is 1.29 bits per heavy atom. The maximum atomic E-state index is 12.1. The van der Waals surface area contributed by atoms with Gasteiger partial charge in [0.2, 0.25) is 5.91 Å². The van der Waals surface area contributed by atoms with Gasteiger partial charge in [-0.05, 0) is 17.9 Å². The Balaban J connectivity index is 1.70. The Hall–Kier alpha value is -1.39. The largest absolute Gasteiger partial charge is 0.355 e. The number of amides is 1. The van der Waals surface area contributed by atoms with E-state index in [1.165, 1.54) is 5.56 Å². The Kier molecular flexibility index (Phi) is 6.70. The van der Waals surface area contributed by atoms with Gasteiger partial charge in [0.05, 0.1) is 0 Å². The van der Waals surface area contributed by atoms with E-state index in [9.17, 15) is 4.79 Å². The average molecular weight is 289 g/mol. The first-order chi connectivity index (χ1) is 10.3. The van der Waals surface area contributed by atoms with Crippen molar-refractivity contribution in [2.24, 2.45) is 0 Å². The van der Waals surface area contributed by atoms with Gasteiger partial charge in [-0.3, -0.25) is 9.69 Å². The van der Waals surface area contributed by atoms with Crippen LogP contribution in [0.25, 0.3) is 0 Å². The Labute approximate surface area is 127 Å². The molecule has 1 amide bonds. The predicted octanol–water partition coefficient (Wildman–Crippen LogP) is 1.59. The lowest BCUT2D eigenvalue weighted by atomic mass is 9.93. The molecule has 116 valence electrons. The molecule has 1 saturated heterocycles. The Morgan fingerprint density at radius 2 is 2.00 bits per heavy atom. The van der Waals surface area contributed by atoms with E-state index in [1.54, 1.807) is 0 Å². The van der Waals surface area contributed by atoms with Crippen molar-refractivity contribution in [1.29, 1.82) is 0 Å². The third-order valence-corrected chi connectivity index (χ3v) is 4.16. The third-order valence-electron chi connectivity index (χ3n) is 4.16. The highest BCUT2D eigenvalue weighted by molar-refractivity contribution is 5.76. The summed E-state index contributed by atoms with van der Waals surface area (Å²) >= 11 is 0. The molecule has 1 unspecified atom stereocenters. The molecule has 1 aromatic rings. The Bertz CT molecular complexity index is 415. The predicted molar refractivity (Wildman–Crippen MR) is 86.4 cm³/mol. The van der Waals surface area contributed by atoms with Gasteiger partial charge < -0.3 is 10.6 Å². The number of carbonyl (C=O) groups excluding carboxylic acids is 1. The molecule has 2 rings (SSSR count). The number of rotatable bonds is 7. The first kappa shape index (κ1) is 16.0. The number of hydrogen-bond acceptors (Lipinski definition) is 3. The molecule has 1 heterocycles. The zero-order valence-corrected chi connectivity index (χ0v) is 13.0. The topological polar surface area (TPSA) is 44.4 Å². The molecule has 0 radical (unpaired) electrons. The van der Waals surface area contributed by atoms with E-state index in [-0.39, 0.29) is 5.91 Å². The van der Waals surface area contributed by atoms with E-state index in [0.29, 0.717) is 12.3 Å². The van der Waals surface area contributed by atoms with Gasteiger partial charge in [0.15, 0.2) is 0 Å². The number of benzene rings is 1. The zero-order valence-electron chi connectivity index (χ0n) is 13.0. The van der Waals surface area contributed by atoms with Crippen LogP contribution < -0.4 is 10.6 Å². The monoisotopic (exact) mass is 289 g/mol. The van der Waals surface area contributed by atoms with Crippen LogP contribution in [0.3, 0.4) is 0 Å². The van der Waals surface area contributed by atoms with Crippen LogP contribution >= 0.6 is 0 Å². The van der Waals surface area contributed by atoms with Crippen molar-refractivity contribution < 1.29 is 4.79 Å². The van der Waals surface area contributed by atoms with Crippen LogP contribution in [0.2, 0.25) is 0 Å². The van der Waals surface area contributed by atoms with E-state index in [1.807, 2.05) is 18.2 Å². The van der Waals surface area contributed by atoms with Crippen LogP contribution in [0.1, 0.15) is 31.2 Å². The summed E-state index contributed by atoms with van der Waals surface area (Å²) in [5.41, 5.74) is 1.26. The van der Waals surface area contributed by atoms with Gasteiger partial charge in [-0.25, -0.2) is 0 Å². The molecule has 4 heteroatoms. The van der Waals surface area contributed by atoms with E-state index >= 15 is 0 Å². The molecule has 21 heavy (non-hydrogen) atoms. The first-order valence-electron chi connectivity index (χ1n) is 8.04. The average Bonchev–Trinajstić information content (AvgIpc) is 2.54. The minimum atomic E-state index is 0.167. The fourth-order valence-electron chi connectivity index (χ4n) is 2.81. The molecule has 1 aromatic carbocycles. The van der Waals surface area contributed by atoms with Crippen LogP contribution in [0.5, 0.6) is 0 Å². The molecule has 2 N–H and O–H groups in total. The summed E-state index contributed by atoms with van der Waals surface area (Å²) in [4.78, 5) is 14.5. The number of nitrogens with one attached hydrogen (secondary N) is 2. The van der Waals surface area contributed by atoms with Gasteiger partial charge in [0.1, 0.15) is 0 Å². The van der Waals surface area contributed by atoms with Crippen molar-refractivity contribution in [3.63, 3.8) is 0 Å². The van der Waals surface area contributed by atoms with Gasteiger partial charge >= 0.3 is 0 Å². The third kappa shape index (κ3) is 5.48. The van der Waals surface area contributed by atoms with E-state index in [4.69, 9.17) is 0 Å². The molecule has 4 nitrogen and oxygen atoms in total. The van der Waals surface area contributed by atoms with Crippen molar-refractivity contribution in [2.45, 2.75) is 25.7 Å². The summed E-state index contributed by atoms with van der Waals surface area (Å²) in [5.74, 6) is 0.492. The van der Waals surface area contributed by atoms with Crippen LogP contribution in [-0.2, 0) is 4.79 Å². The molecule has 0 bridgehead atoms. The van der Waals surface area contributed by atoms with Crippen molar-refractivity contribution in [3.8, 4) is 0 Å². The molecule has 0 aromatic heterocycles. The lowest BCUT2D eigenvalue weighted by Crippen LogP contribution is -2.46. The number of nitrogens with zero attached hydrogens (tertiary/aromatic N) is 1. The van der Waals surface area contributed by atoms with Crippen molar-refractivity contribution >= 4 is 5.91 Å². The number of carbonyl (C=O) groups is 1. The summed E-state index contributed by atoms with van der Waals surface area (Å²) in [6, 6.07) is 10.3. The molecular weight excluding hydrogens is 262 g/mol. The lowest BCUT2D eigenvalue weighted by molar-refractivity contribution is -0.121. The summed E-state index contributed by atoms with van der Waals surface area (Å²) in [6.07, 6.45) is 1.58. The molecule has 1 aliphatic rings. The molecular formula is C17H27N3O. The highest BCUT2D eigenvalue weighted by Gasteiger charge is 2.14. The maximum absolute atomic E-state index is 12.1. The maximum Gasteiger partial charge on any atom is 0.220 e. The smallest absolute Gasteiger partial charge is 0.220 e. The second-order valence-corrected chi connectivity index (χ2v) is 5.66. The van der Waals surface area contributed by atoms with E-state index in [2.05, 4.69) is 34.6 Å². The highest BCUT2D eigenvalue weighted by atomic mass is 16.1. The number of hydrogen-bond donors (Lipinski definition) is 2. The van der Waals surface area contributed by atoms with Gasteiger partial charge in [-0.2, -0.15) is 0 Å². The van der Waals surface area contributed by atoms with Gasteiger partial charge in [-0.1, -0.05) is 37.3 Å². The second-order valence-electron chi connectivity index (χ2n) is 5.66. The summed E-state index contributed by atoms with van der Waals surface area (Å²) in [6.45, 7) is 8.12. The Morgan fingerprint density at radius 3 is 2.67 bits per heavy atom. The summed E-state index contributed by atoms with van der Waals surface area (Å²) < 4.78 is 0. The van der Waals surface area contributed by atoms with Crippen LogP contribution in [0.15, 0.2) is 30.3 Å². The minimum Gasteiger partial charge on any atom is -0.355 e. The fraction of sp³-hybridized carbons (Fsp3) is 0.588. The minimum absolute atomic E-state index is 0.167. The molecule has 1 atom stereocenters. The summed E-state index contributed by atoms with van der Waals surface area (Å²) in [7, 11) is 0. The highest BCUT2D eigenvalue weighted by Crippen LogP contribution is 2.22. The second kappa shape index (κ2) is 8.80. The SMILES string of the molecule is CCC(CC(=O)NCCN1CCNCC1)c1ccccc1. The van der Waals surface area contributed by atoms with Crippen molar-refractivity contribution in [2.75, 3.05) is 39.3 Å². The molecule has 0 spiro atoms. The molecule has 0 saturated carbocycles. The normalized spacial score (nSPS) is 17.4. The van der Waals surface area contributed by atoms with Crippen LogP contribution in [0.4, 0.5) is 0 Å². The van der Waals surface area contributed by atoms with Crippen LogP contribution in [-0.4, -0.2) is 50.1 Å². The van der Waals surface area contributed by atoms with Crippen LogP contribution in [0, 0.1) is 0 Å². The molecule has 1 aliphatic heterocycles. The zero-order chi connectivity index (χ0) is 14.9. The van der Waals surface area contributed by atoms with Gasteiger partial charge in [0.25, 0.3) is 0 Å².